The zero-order valence-electron chi connectivity index (χ0n) is 20.9. The number of fused-ring (bicyclic) bond motifs is 2. The average Bonchev–Trinajstić information content (AvgIpc) is 3.18. The van der Waals surface area contributed by atoms with Gasteiger partial charge in [0.1, 0.15) is 0 Å². The van der Waals surface area contributed by atoms with Crippen LogP contribution in [-0.4, -0.2) is 57.8 Å². The van der Waals surface area contributed by atoms with Crippen molar-refractivity contribution in [1.29, 1.82) is 0 Å². The number of alkyl halides is 3. The second-order valence-electron chi connectivity index (χ2n) is 9.73. The van der Waals surface area contributed by atoms with E-state index in [-0.39, 0.29) is 6.54 Å². The van der Waals surface area contributed by atoms with Crippen LogP contribution in [-0.2, 0) is 19.3 Å². The summed E-state index contributed by atoms with van der Waals surface area (Å²) in [4.78, 5) is 40.8. The molecule has 0 spiro atoms. The molecule has 198 valence electrons. The number of halogens is 3. The highest BCUT2D eigenvalue weighted by atomic mass is 19.4. The third-order valence-electron chi connectivity index (χ3n) is 7.25. The normalized spacial score (nSPS) is 16.3. The number of benzene rings is 3. The van der Waals surface area contributed by atoms with Crippen molar-refractivity contribution >= 4 is 28.5 Å². The first-order valence-corrected chi connectivity index (χ1v) is 12.6. The molecule has 0 N–H and O–H groups in total. The van der Waals surface area contributed by atoms with Gasteiger partial charge in [0.05, 0.1) is 40.0 Å². The number of anilines is 1. The van der Waals surface area contributed by atoms with Gasteiger partial charge in [0.25, 0.3) is 11.8 Å². The number of piperazine rings is 1. The monoisotopic (exact) mass is 531 g/mol. The van der Waals surface area contributed by atoms with Gasteiger partial charge in [-0.1, -0.05) is 24.3 Å². The number of amides is 2. The molecule has 0 saturated carbocycles. The van der Waals surface area contributed by atoms with Crippen molar-refractivity contribution in [3.63, 3.8) is 0 Å². The maximum Gasteiger partial charge on any atom is 0.416 e. The molecular formula is C29H24F3N5O2. The Kier molecular flexibility index (Phi) is 6.26. The van der Waals surface area contributed by atoms with E-state index in [0.29, 0.717) is 35.5 Å². The number of carbonyl (C=O) groups excluding carboxylic acids is 2. The number of carbonyl (C=O) groups is 2. The molecule has 4 aromatic rings. The third kappa shape index (κ3) is 4.83. The molecule has 3 aromatic carbocycles. The Labute approximate surface area is 222 Å². The van der Waals surface area contributed by atoms with Crippen LogP contribution >= 0.6 is 0 Å². The van der Waals surface area contributed by atoms with Crippen LogP contribution in [0.25, 0.3) is 11.0 Å². The number of hydrogen-bond donors (Lipinski definition) is 0. The summed E-state index contributed by atoms with van der Waals surface area (Å²) in [5.74, 6) is -0.861. The second-order valence-corrected chi connectivity index (χ2v) is 9.73. The van der Waals surface area contributed by atoms with E-state index in [4.69, 9.17) is 0 Å². The first-order valence-electron chi connectivity index (χ1n) is 12.6. The standard InChI is InChI=1S/C29H24F3N5O2/c30-29(31,32)21-7-4-19(5-8-21)18-37-27(38)22-2-1-3-25(26(22)28(37)39)36-14-12-35(13-15-36)17-20-6-9-23-24(16-20)34-11-10-33-23/h1-11,16H,12-15,17-18H2. The molecule has 0 unspecified atom stereocenters. The third-order valence-corrected chi connectivity index (χ3v) is 7.25. The Morgan fingerprint density at radius 3 is 2.15 bits per heavy atom. The molecule has 2 aliphatic rings. The van der Waals surface area contributed by atoms with Gasteiger partial charge in [-0.3, -0.25) is 29.4 Å². The highest BCUT2D eigenvalue weighted by Crippen LogP contribution is 2.34. The Balaban J connectivity index is 1.14. The largest absolute Gasteiger partial charge is 0.416 e. The van der Waals surface area contributed by atoms with Gasteiger partial charge in [0.15, 0.2) is 0 Å². The van der Waals surface area contributed by atoms with E-state index in [0.717, 1.165) is 53.3 Å². The average molecular weight is 532 g/mol. The lowest BCUT2D eigenvalue weighted by atomic mass is 10.1. The van der Waals surface area contributed by atoms with Crippen molar-refractivity contribution in [2.24, 2.45) is 0 Å². The fourth-order valence-corrected chi connectivity index (χ4v) is 5.22. The quantitative estimate of drug-likeness (QED) is 0.346. The summed E-state index contributed by atoms with van der Waals surface area (Å²) < 4.78 is 38.7. The molecule has 39 heavy (non-hydrogen) atoms. The zero-order chi connectivity index (χ0) is 27.1. The van der Waals surface area contributed by atoms with Gasteiger partial charge in [0, 0.05) is 45.1 Å². The number of nitrogens with zero attached hydrogens (tertiary/aromatic N) is 5. The number of imide groups is 1. The lowest BCUT2D eigenvalue weighted by Gasteiger charge is -2.36. The van der Waals surface area contributed by atoms with Gasteiger partial charge in [-0.15, -0.1) is 0 Å². The summed E-state index contributed by atoms with van der Waals surface area (Å²) in [6, 6.07) is 15.9. The van der Waals surface area contributed by atoms with Crippen LogP contribution in [0.3, 0.4) is 0 Å². The fraction of sp³-hybridized carbons (Fsp3) is 0.241. The molecule has 2 amide bonds. The minimum absolute atomic E-state index is 0.0894. The van der Waals surface area contributed by atoms with Crippen LogP contribution in [0.15, 0.2) is 73.1 Å². The number of aromatic nitrogens is 2. The van der Waals surface area contributed by atoms with Gasteiger partial charge in [-0.05, 0) is 47.5 Å². The molecule has 10 heteroatoms. The molecule has 1 saturated heterocycles. The summed E-state index contributed by atoms with van der Waals surface area (Å²) in [7, 11) is 0. The van der Waals surface area contributed by atoms with E-state index in [2.05, 4.69) is 25.8 Å². The van der Waals surface area contributed by atoms with E-state index in [1.54, 1.807) is 24.5 Å². The van der Waals surface area contributed by atoms with Crippen LogP contribution < -0.4 is 4.90 Å². The molecule has 0 aliphatic carbocycles. The van der Waals surface area contributed by atoms with Crippen LogP contribution in [0.2, 0.25) is 0 Å². The highest BCUT2D eigenvalue weighted by Gasteiger charge is 2.39. The zero-order valence-corrected chi connectivity index (χ0v) is 20.9. The van der Waals surface area contributed by atoms with Crippen molar-refractivity contribution in [2.45, 2.75) is 19.3 Å². The lowest BCUT2D eigenvalue weighted by Crippen LogP contribution is -2.46. The van der Waals surface area contributed by atoms with Gasteiger partial charge in [-0.2, -0.15) is 13.2 Å². The predicted molar refractivity (Wildman–Crippen MR) is 139 cm³/mol. The van der Waals surface area contributed by atoms with Crippen molar-refractivity contribution in [3.8, 4) is 0 Å². The molecule has 0 atom stereocenters. The van der Waals surface area contributed by atoms with Crippen molar-refractivity contribution in [1.82, 2.24) is 19.8 Å². The van der Waals surface area contributed by atoms with Crippen molar-refractivity contribution < 1.29 is 22.8 Å². The molecule has 6 rings (SSSR count). The molecule has 1 aromatic heterocycles. The topological polar surface area (TPSA) is 69.6 Å². The summed E-state index contributed by atoms with van der Waals surface area (Å²) in [6.07, 6.45) is -1.09. The minimum Gasteiger partial charge on any atom is -0.368 e. The molecular weight excluding hydrogens is 507 g/mol. The number of rotatable bonds is 5. The highest BCUT2D eigenvalue weighted by molar-refractivity contribution is 6.23. The number of hydrogen-bond acceptors (Lipinski definition) is 6. The summed E-state index contributed by atoms with van der Waals surface area (Å²) >= 11 is 0. The lowest BCUT2D eigenvalue weighted by molar-refractivity contribution is -0.137. The molecule has 0 radical (unpaired) electrons. The second kappa shape index (κ2) is 9.77. The van der Waals surface area contributed by atoms with Gasteiger partial charge in [-0.25, -0.2) is 0 Å². The molecule has 7 nitrogen and oxygen atoms in total. The van der Waals surface area contributed by atoms with E-state index < -0.39 is 23.6 Å². The Bertz CT molecular complexity index is 1560. The fourth-order valence-electron chi connectivity index (χ4n) is 5.22. The SMILES string of the molecule is O=C1c2cccc(N3CCN(Cc4ccc5nccnc5c4)CC3)c2C(=O)N1Cc1ccc(C(F)(F)F)cc1. The first-order chi connectivity index (χ1) is 18.8. The molecule has 2 aliphatic heterocycles. The Morgan fingerprint density at radius 2 is 1.44 bits per heavy atom. The van der Waals surface area contributed by atoms with E-state index >= 15 is 0 Å². The van der Waals surface area contributed by atoms with Crippen molar-refractivity contribution in [3.05, 3.63) is 101 Å². The van der Waals surface area contributed by atoms with Crippen LogP contribution in [0.1, 0.15) is 37.4 Å². The van der Waals surface area contributed by atoms with Crippen LogP contribution in [0.4, 0.5) is 18.9 Å². The van der Waals surface area contributed by atoms with E-state index in [1.807, 2.05) is 18.2 Å². The van der Waals surface area contributed by atoms with Crippen molar-refractivity contribution in [2.75, 3.05) is 31.1 Å². The van der Waals surface area contributed by atoms with Crippen LogP contribution in [0.5, 0.6) is 0 Å². The van der Waals surface area contributed by atoms with Gasteiger partial charge >= 0.3 is 6.18 Å². The van der Waals surface area contributed by atoms with Crippen LogP contribution in [0, 0.1) is 0 Å². The minimum atomic E-state index is -4.45. The summed E-state index contributed by atoms with van der Waals surface area (Å²) in [6.45, 7) is 3.60. The maximum atomic E-state index is 13.4. The Hall–Kier alpha value is -4.31. The Morgan fingerprint density at radius 1 is 0.744 bits per heavy atom. The summed E-state index contributed by atoms with van der Waals surface area (Å²) in [5, 5.41) is 0. The van der Waals surface area contributed by atoms with E-state index in [9.17, 15) is 22.8 Å². The molecule has 0 bridgehead atoms. The van der Waals surface area contributed by atoms with E-state index in [1.165, 1.54) is 12.1 Å². The van der Waals surface area contributed by atoms with Gasteiger partial charge in [0.2, 0.25) is 0 Å². The maximum absolute atomic E-state index is 13.4. The smallest absolute Gasteiger partial charge is 0.368 e. The first kappa shape index (κ1) is 25.0. The van der Waals surface area contributed by atoms with Gasteiger partial charge < -0.3 is 4.90 Å². The molecule has 3 heterocycles. The predicted octanol–water partition coefficient (Wildman–Crippen LogP) is 4.77. The molecule has 1 fully saturated rings. The summed E-state index contributed by atoms with van der Waals surface area (Å²) in [5.41, 5.74) is 3.93.